The zero-order valence-electron chi connectivity index (χ0n) is 8.46. The van der Waals surface area contributed by atoms with E-state index in [2.05, 4.69) is 5.32 Å². The maximum Gasteiger partial charge on any atom is 0.252 e. The van der Waals surface area contributed by atoms with Crippen LogP contribution in [0.4, 0.5) is 0 Å². The summed E-state index contributed by atoms with van der Waals surface area (Å²) in [6.07, 6.45) is 0. The van der Waals surface area contributed by atoms with E-state index in [1.165, 1.54) is 18.3 Å². The van der Waals surface area contributed by atoms with Gasteiger partial charge in [-0.3, -0.25) is 9.59 Å². The van der Waals surface area contributed by atoms with Gasteiger partial charge in [-0.25, -0.2) is 0 Å². The van der Waals surface area contributed by atoms with Crippen molar-refractivity contribution in [3.63, 3.8) is 0 Å². The molecule has 76 valence electrons. The number of hydrogen-bond donors (Lipinski definition) is 1. The average Bonchev–Trinajstić information content (AvgIpc) is 2.51. The van der Waals surface area contributed by atoms with Crippen molar-refractivity contribution >= 4 is 23.0 Å². The highest BCUT2D eigenvalue weighted by Gasteiger charge is 2.14. The van der Waals surface area contributed by atoms with Crippen LogP contribution >= 0.6 is 11.3 Å². The summed E-state index contributed by atoms with van der Waals surface area (Å²) < 4.78 is 0. The van der Waals surface area contributed by atoms with E-state index in [4.69, 9.17) is 0 Å². The van der Waals surface area contributed by atoms with Crippen LogP contribution in [-0.4, -0.2) is 17.7 Å². The van der Waals surface area contributed by atoms with Crippen LogP contribution in [0, 0.1) is 6.92 Å². The minimum atomic E-state index is -0.415. The lowest BCUT2D eigenvalue weighted by atomic mass is 10.2. The van der Waals surface area contributed by atoms with Crippen molar-refractivity contribution in [2.45, 2.75) is 26.8 Å². The van der Waals surface area contributed by atoms with Crippen LogP contribution in [0.15, 0.2) is 10.8 Å². The first kappa shape index (κ1) is 10.9. The Labute approximate surface area is 87.1 Å². The van der Waals surface area contributed by atoms with E-state index in [0.717, 1.165) is 5.56 Å². The van der Waals surface area contributed by atoms with Gasteiger partial charge in [0.15, 0.2) is 5.78 Å². The summed E-state index contributed by atoms with van der Waals surface area (Å²) in [5.74, 6) is -0.210. The summed E-state index contributed by atoms with van der Waals surface area (Å²) in [6.45, 7) is 5.03. The first-order chi connectivity index (χ1) is 6.52. The number of Topliss-reactive ketones (excluding diaryl/α,β-unsaturated/α-hetero) is 1. The highest BCUT2D eigenvalue weighted by Crippen LogP contribution is 2.13. The van der Waals surface area contributed by atoms with Crippen molar-refractivity contribution in [1.82, 2.24) is 5.32 Å². The molecule has 0 radical (unpaired) electrons. The van der Waals surface area contributed by atoms with Gasteiger partial charge in [0.05, 0.1) is 11.6 Å². The number of hydrogen-bond acceptors (Lipinski definition) is 3. The molecule has 4 heteroatoms. The second-order valence-electron chi connectivity index (χ2n) is 3.27. The molecule has 0 spiro atoms. The van der Waals surface area contributed by atoms with E-state index >= 15 is 0 Å². The van der Waals surface area contributed by atoms with Gasteiger partial charge in [-0.2, -0.15) is 11.3 Å². The number of ketones is 1. The Balaban J connectivity index is 2.69. The summed E-state index contributed by atoms with van der Waals surface area (Å²) in [4.78, 5) is 22.5. The van der Waals surface area contributed by atoms with Crippen molar-refractivity contribution in [3.05, 3.63) is 21.9 Å². The van der Waals surface area contributed by atoms with Crippen molar-refractivity contribution in [1.29, 1.82) is 0 Å². The topological polar surface area (TPSA) is 46.2 Å². The summed E-state index contributed by atoms with van der Waals surface area (Å²) >= 11 is 1.48. The lowest BCUT2D eigenvalue weighted by Crippen LogP contribution is -2.37. The van der Waals surface area contributed by atoms with Gasteiger partial charge in [-0.1, -0.05) is 0 Å². The molecule has 1 aromatic rings. The SMILES string of the molecule is CC(=O)C(C)NC(=O)c1cscc1C. The van der Waals surface area contributed by atoms with E-state index in [1.807, 2.05) is 12.3 Å². The normalized spacial score (nSPS) is 12.2. The maximum absolute atomic E-state index is 11.6. The molecule has 0 aromatic carbocycles. The molecule has 1 unspecified atom stereocenters. The summed E-state index contributed by atoms with van der Waals surface area (Å²) in [5, 5.41) is 6.34. The fourth-order valence-corrected chi connectivity index (χ4v) is 1.80. The monoisotopic (exact) mass is 211 g/mol. The number of rotatable bonds is 3. The van der Waals surface area contributed by atoms with Crippen molar-refractivity contribution in [2.24, 2.45) is 0 Å². The predicted octanol–water partition coefficient (Wildman–Crippen LogP) is 1.76. The number of aryl methyl sites for hydroxylation is 1. The lowest BCUT2D eigenvalue weighted by Gasteiger charge is -2.09. The van der Waals surface area contributed by atoms with E-state index in [0.29, 0.717) is 5.56 Å². The molecular weight excluding hydrogens is 198 g/mol. The van der Waals surface area contributed by atoms with Gasteiger partial charge in [-0.15, -0.1) is 0 Å². The van der Waals surface area contributed by atoms with Gasteiger partial charge in [0.25, 0.3) is 5.91 Å². The standard InChI is InChI=1S/C10H13NO2S/c1-6-4-14-5-9(6)10(13)11-7(2)8(3)12/h4-5,7H,1-3H3,(H,11,13). The molecule has 0 aliphatic rings. The number of carbonyl (C=O) groups excluding carboxylic acids is 2. The predicted molar refractivity (Wildman–Crippen MR) is 56.7 cm³/mol. The molecule has 1 aromatic heterocycles. The second-order valence-corrected chi connectivity index (χ2v) is 4.02. The molecule has 1 amide bonds. The molecule has 0 bridgehead atoms. The van der Waals surface area contributed by atoms with Gasteiger partial charge in [0, 0.05) is 5.38 Å². The van der Waals surface area contributed by atoms with Gasteiger partial charge in [0.1, 0.15) is 0 Å². The molecule has 0 fully saturated rings. The Bertz CT molecular complexity index is 357. The second kappa shape index (κ2) is 4.37. The van der Waals surface area contributed by atoms with Crippen LogP contribution in [0.2, 0.25) is 0 Å². The van der Waals surface area contributed by atoms with Crippen molar-refractivity contribution in [3.8, 4) is 0 Å². The number of amides is 1. The molecule has 1 atom stereocenters. The molecule has 3 nitrogen and oxygen atoms in total. The first-order valence-electron chi connectivity index (χ1n) is 4.36. The van der Waals surface area contributed by atoms with Crippen molar-refractivity contribution < 1.29 is 9.59 Å². The summed E-state index contributed by atoms with van der Waals surface area (Å²) in [6, 6.07) is -0.415. The van der Waals surface area contributed by atoms with E-state index in [1.54, 1.807) is 12.3 Å². The van der Waals surface area contributed by atoms with Crippen LogP contribution in [0.25, 0.3) is 0 Å². The van der Waals surface area contributed by atoms with Crippen molar-refractivity contribution in [2.75, 3.05) is 0 Å². The smallest absolute Gasteiger partial charge is 0.252 e. The fraction of sp³-hybridized carbons (Fsp3) is 0.400. The number of thiophene rings is 1. The van der Waals surface area contributed by atoms with Gasteiger partial charge in [-0.05, 0) is 31.7 Å². The molecule has 0 saturated carbocycles. The molecule has 0 aliphatic heterocycles. The Kier molecular flexibility index (Phi) is 3.41. The Morgan fingerprint density at radius 1 is 1.43 bits per heavy atom. The minimum absolute atomic E-state index is 0.0359. The molecule has 14 heavy (non-hydrogen) atoms. The van der Waals surface area contributed by atoms with Gasteiger partial charge in [0.2, 0.25) is 0 Å². The Morgan fingerprint density at radius 2 is 2.07 bits per heavy atom. The molecule has 1 rings (SSSR count). The zero-order valence-corrected chi connectivity index (χ0v) is 9.27. The molecule has 1 heterocycles. The zero-order chi connectivity index (χ0) is 10.7. The summed E-state index contributed by atoms with van der Waals surface area (Å²) in [5.41, 5.74) is 1.60. The van der Waals surface area contributed by atoms with Crippen LogP contribution in [0.1, 0.15) is 29.8 Å². The quantitative estimate of drug-likeness (QED) is 0.828. The maximum atomic E-state index is 11.6. The van der Waals surface area contributed by atoms with Crippen LogP contribution < -0.4 is 5.32 Å². The van der Waals surface area contributed by atoms with Gasteiger partial charge >= 0.3 is 0 Å². The third kappa shape index (κ3) is 2.42. The molecule has 1 N–H and O–H groups in total. The molecule has 0 saturated heterocycles. The van der Waals surface area contributed by atoms with E-state index in [9.17, 15) is 9.59 Å². The minimum Gasteiger partial charge on any atom is -0.342 e. The third-order valence-corrected chi connectivity index (χ3v) is 2.92. The lowest BCUT2D eigenvalue weighted by molar-refractivity contribution is -0.118. The molecular formula is C10H13NO2S. The highest BCUT2D eigenvalue weighted by molar-refractivity contribution is 7.08. The third-order valence-electron chi connectivity index (χ3n) is 2.06. The Morgan fingerprint density at radius 3 is 2.50 bits per heavy atom. The highest BCUT2D eigenvalue weighted by atomic mass is 32.1. The average molecular weight is 211 g/mol. The molecule has 0 aliphatic carbocycles. The summed E-state index contributed by atoms with van der Waals surface area (Å²) in [7, 11) is 0. The number of nitrogens with one attached hydrogen (secondary N) is 1. The van der Waals surface area contributed by atoms with Gasteiger partial charge < -0.3 is 5.32 Å². The largest absolute Gasteiger partial charge is 0.342 e. The fourth-order valence-electron chi connectivity index (χ4n) is 0.969. The number of carbonyl (C=O) groups is 2. The van der Waals surface area contributed by atoms with E-state index < -0.39 is 6.04 Å². The first-order valence-corrected chi connectivity index (χ1v) is 5.30. The van der Waals surface area contributed by atoms with Crippen LogP contribution in [0.5, 0.6) is 0 Å². The van der Waals surface area contributed by atoms with E-state index in [-0.39, 0.29) is 11.7 Å². The Hall–Kier alpha value is -1.16. The van der Waals surface area contributed by atoms with Crippen LogP contribution in [0.3, 0.4) is 0 Å². The van der Waals surface area contributed by atoms with Crippen LogP contribution in [-0.2, 0) is 4.79 Å².